The molecule has 6 nitrogen and oxygen atoms in total. The van der Waals surface area contributed by atoms with Gasteiger partial charge in [-0.15, -0.1) is 0 Å². The molecule has 1 saturated heterocycles. The summed E-state index contributed by atoms with van der Waals surface area (Å²) >= 11 is 0. The van der Waals surface area contributed by atoms with E-state index in [9.17, 15) is 10.1 Å². The van der Waals surface area contributed by atoms with E-state index < -0.39 is 0 Å². The number of carbonyl (C=O) groups excluding carboxylic acids is 1. The molecule has 1 aliphatic heterocycles. The molecule has 143 valence electrons. The summed E-state index contributed by atoms with van der Waals surface area (Å²) in [6, 6.07) is 13.3. The Hall–Kier alpha value is -1.81. The molecular formula is C21H22N3O3Y-. The second-order valence-corrected chi connectivity index (χ2v) is 6.31. The number of ether oxygens (including phenoxy) is 2. The van der Waals surface area contributed by atoms with Gasteiger partial charge < -0.3 is 20.8 Å². The zero-order chi connectivity index (χ0) is 19.1. The number of piperidine rings is 1. The van der Waals surface area contributed by atoms with Crippen molar-refractivity contribution in [2.45, 2.75) is 26.1 Å². The molecule has 1 aliphatic rings. The summed E-state index contributed by atoms with van der Waals surface area (Å²) in [5.74, 6) is 0.102. The third-order valence-electron chi connectivity index (χ3n) is 4.41. The molecule has 0 bridgehead atoms. The smallest absolute Gasteiger partial charge is 0.255 e. The van der Waals surface area contributed by atoms with Crippen LogP contribution in [0.1, 0.15) is 40.0 Å². The molecule has 1 fully saturated rings. The molecule has 1 aromatic carbocycles. The molecule has 0 atom stereocenters. The SMILES string of the molecule is COCc1nc(OCc2ccccc2)c(C#N)cc1C(=O)N1CC[CH-]CC1.[Y]. The Morgan fingerprint density at radius 2 is 1.96 bits per heavy atom. The van der Waals surface area contributed by atoms with Gasteiger partial charge in [0.15, 0.2) is 0 Å². The number of nitriles is 1. The molecule has 0 unspecified atom stereocenters. The summed E-state index contributed by atoms with van der Waals surface area (Å²) in [6.07, 6.45) is 3.93. The number of methoxy groups -OCH3 is 1. The molecule has 1 radical (unpaired) electrons. The monoisotopic (exact) mass is 453 g/mol. The minimum Gasteiger partial charge on any atom is -0.472 e. The zero-order valence-corrected chi connectivity index (χ0v) is 18.8. The van der Waals surface area contributed by atoms with Gasteiger partial charge in [0.2, 0.25) is 5.88 Å². The number of likely N-dealkylation sites (tertiary alicyclic amines) is 1. The molecule has 1 amide bonds. The minimum absolute atomic E-state index is 0. The van der Waals surface area contributed by atoms with Gasteiger partial charge in [0, 0.05) is 39.8 Å². The van der Waals surface area contributed by atoms with Crippen LogP contribution >= 0.6 is 0 Å². The maximum absolute atomic E-state index is 12.9. The number of hydrogen-bond donors (Lipinski definition) is 0. The molecule has 0 aliphatic carbocycles. The van der Waals surface area contributed by atoms with Crippen LogP contribution in [-0.2, 0) is 50.7 Å². The van der Waals surface area contributed by atoms with Gasteiger partial charge in [-0.1, -0.05) is 30.3 Å². The maximum Gasteiger partial charge on any atom is 0.255 e. The van der Waals surface area contributed by atoms with Crippen LogP contribution in [0.5, 0.6) is 5.88 Å². The van der Waals surface area contributed by atoms with E-state index in [1.807, 2.05) is 30.3 Å². The average molecular weight is 453 g/mol. The molecule has 0 spiro atoms. The average Bonchev–Trinajstić information content (AvgIpc) is 2.73. The molecule has 2 aromatic rings. The van der Waals surface area contributed by atoms with Crippen LogP contribution in [0.4, 0.5) is 0 Å². The normalized spacial score (nSPS) is 13.4. The Labute approximate surface area is 190 Å². The largest absolute Gasteiger partial charge is 0.472 e. The van der Waals surface area contributed by atoms with Crippen molar-refractivity contribution in [3.63, 3.8) is 0 Å². The van der Waals surface area contributed by atoms with Crippen LogP contribution in [0.2, 0.25) is 0 Å². The van der Waals surface area contributed by atoms with Crippen molar-refractivity contribution < 1.29 is 47.0 Å². The summed E-state index contributed by atoms with van der Waals surface area (Å²) in [5.41, 5.74) is 2.11. The quantitative estimate of drug-likeness (QED) is 0.629. The first kappa shape index (κ1) is 22.5. The van der Waals surface area contributed by atoms with Crippen molar-refractivity contribution in [1.82, 2.24) is 9.88 Å². The predicted octanol–water partition coefficient (Wildman–Crippen LogP) is 3.12. The third-order valence-corrected chi connectivity index (χ3v) is 4.41. The summed E-state index contributed by atoms with van der Waals surface area (Å²) in [6.45, 7) is 1.83. The van der Waals surface area contributed by atoms with E-state index in [4.69, 9.17) is 9.47 Å². The number of aromatic nitrogens is 1. The van der Waals surface area contributed by atoms with Crippen LogP contribution in [0, 0.1) is 17.8 Å². The summed E-state index contributed by atoms with van der Waals surface area (Å²) in [5, 5.41) is 9.52. The second-order valence-electron chi connectivity index (χ2n) is 6.31. The van der Waals surface area contributed by atoms with E-state index in [0.29, 0.717) is 31.0 Å². The van der Waals surface area contributed by atoms with Gasteiger partial charge in [-0.3, -0.25) is 4.79 Å². The Morgan fingerprint density at radius 3 is 2.61 bits per heavy atom. The van der Waals surface area contributed by atoms with Crippen LogP contribution in [0.3, 0.4) is 0 Å². The van der Waals surface area contributed by atoms with Gasteiger partial charge in [-0.25, -0.2) is 4.98 Å². The van der Waals surface area contributed by atoms with E-state index >= 15 is 0 Å². The molecule has 1 aromatic heterocycles. The summed E-state index contributed by atoms with van der Waals surface area (Å²) in [4.78, 5) is 19.2. The van der Waals surface area contributed by atoms with Gasteiger partial charge in [0.25, 0.3) is 5.91 Å². The third kappa shape index (κ3) is 5.60. The number of benzene rings is 1. The fourth-order valence-corrected chi connectivity index (χ4v) is 3.00. The van der Waals surface area contributed by atoms with Gasteiger partial charge in [-0.05, 0) is 24.7 Å². The standard InChI is InChI=1S/C21H22N3O3.Y/c1-26-15-19-18(21(25)24-10-6-3-7-11-24)12-17(13-22)20(23-19)27-14-16-8-4-2-5-9-16;/h2-5,8-9,12H,6-7,10-11,14-15H2,1H3;/q-1;. The van der Waals surface area contributed by atoms with Gasteiger partial charge >= 0.3 is 0 Å². The number of pyridine rings is 1. The zero-order valence-electron chi connectivity index (χ0n) is 15.9. The first-order valence-electron chi connectivity index (χ1n) is 8.93. The van der Waals surface area contributed by atoms with Gasteiger partial charge in [0.1, 0.15) is 18.2 Å². The maximum atomic E-state index is 12.9. The fourth-order valence-electron chi connectivity index (χ4n) is 3.00. The van der Waals surface area contributed by atoms with E-state index in [0.717, 1.165) is 18.4 Å². The Kier molecular flexibility index (Phi) is 9.04. The van der Waals surface area contributed by atoms with Crippen molar-refractivity contribution in [1.29, 1.82) is 5.26 Å². The number of hydrogen-bond acceptors (Lipinski definition) is 5. The number of carbonyl (C=O) groups is 1. The molecular weight excluding hydrogens is 431 g/mol. The molecule has 0 saturated carbocycles. The van der Waals surface area contributed by atoms with Crippen LogP contribution < -0.4 is 4.74 Å². The molecule has 28 heavy (non-hydrogen) atoms. The van der Waals surface area contributed by atoms with Crippen LogP contribution in [0.15, 0.2) is 36.4 Å². The summed E-state index contributed by atoms with van der Waals surface area (Å²) in [7, 11) is 1.55. The van der Waals surface area contributed by atoms with Crippen molar-refractivity contribution in [2.24, 2.45) is 0 Å². The fraction of sp³-hybridized carbons (Fsp3) is 0.333. The predicted molar refractivity (Wildman–Crippen MR) is 99.9 cm³/mol. The van der Waals surface area contributed by atoms with Crippen LogP contribution in [-0.4, -0.2) is 36.0 Å². The van der Waals surface area contributed by atoms with Gasteiger partial charge in [0.05, 0.1) is 17.9 Å². The topological polar surface area (TPSA) is 75.5 Å². The van der Waals surface area contributed by atoms with E-state index in [1.54, 1.807) is 18.1 Å². The number of nitrogens with zero attached hydrogens (tertiary/aromatic N) is 3. The van der Waals surface area contributed by atoms with Crippen molar-refractivity contribution in [2.75, 3.05) is 20.2 Å². The van der Waals surface area contributed by atoms with E-state index in [-0.39, 0.29) is 56.7 Å². The van der Waals surface area contributed by atoms with E-state index in [2.05, 4.69) is 17.5 Å². The Balaban J connectivity index is 0.00000280. The molecule has 3 rings (SSSR count). The number of rotatable bonds is 6. The Morgan fingerprint density at radius 1 is 1.25 bits per heavy atom. The first-order chi connectivity index (χ1) is 13.2. The van der Waals surface area contributed by atoms with E-state index in [1.165, 1.54) is 0 Å². The number of amides is 1. The van der Waals surface area contributed by atoms with Crippen LogP contribution in [0.25, 0.3) is 0 Å². The summed E-state index contributed by atoms with van der Waals surface area (Å²) < 4.78 is 11.0. The molecule has 7 heteroatoms. The van der Waals surface area contributed by atoms with Gasteiger partial charge in [-0.2, -0.15) is 18.1 Å². The molecule has 2 heterocycles. The van der Waals surface area contributed by atoms with Crippen molar-refractivity contribution in [3.05, 3.63) is 65.2 Å². The van der Waals surface area contributed by atoms with Crippen molar-refractivity contribution in [3.8, 4) is 11.9 Å². The first-order valence-corrected chi connectivity index (χ1v) is 8.93. The van der Waals surface area contributed by atoms with Crippen molar-refractivity contribution >= 4 is 5.91 Å². The Bertz CT molecular complexity index is 831. The minimum atomic E-state index is -0.117. The molecule has 0 N–H and O–H groups in total. The second kappa shape index (κ2) is 11.3.